The molecule has 1 amide bonds. The summed E-state index contributed by atoms with van der Waals surface area (Å²) in [5.74, 6) is 0.840. The smallest absolute Gasteiger partial charge is 0.272 e. The van der Waals surface area contributed by atoms with Crippen LogP contribution in [0.1, 0.15) is 34.0 Å². The van der Waals surface area contributed by atoms with Gasteiger partial charge in [0.15, 0.2) is 11.5 Å². The van der Waals surface area contributed by atoms with Gasteiger partial charge in [-0.25, -0.2) is 5.43 Å². The minimum absolute atomic E-state index is 0.311. The maximum Gasteiger partial charge on any atom is 0.272 e. The van der Waals surface area contributed by atoms with Gasteiger partial charge in [0.1, 0.15) is 6.61 Å². The van der Waals surface area contributed by atoms with E-state index in [9.17, 15) is 4.79 Å². The molecule has 0 aliphatic carbocycles. The zero-order valence-corrected chi connectivity index (χ0v) is 18.4. The number of nitrogens with zero attached hydrogens (tertiary/aromatic N) is 2. The third-order valence-electron chi connectivity index (χ3n) is 4.22. The van der Waals surface area contributed by atoms with Gasteiger partial charge in [-0.15, -0.1) is 0 Å². The van der Waals surface area contributed by atoms with Gasteiger partial charge in [-0.1, -0.05) is 24.3 Å². The molecule has 3 aromatic carbocycles. The molecule has 0 saturated carbocycles. The highest BCUT2D eigenvalue weighted by atomic mass is 79.9. The number of ether oxygens (including phenoxy) is 2. The molecule has 6 nitrogen and oxygen atoms in total. The molecule has 3 aromatic rings. The molecule has 0 unspecified atom stereocenters. The molecule has 0 aromatic heterocycles. The Balaban J connectivity index is 1.68. The fourth-order valence-electron chi connectivity index (χ4n) is 2.76. The Labute approximate surface area is 189 Å². The van der Waals surface area contributed by atoms with Crippen LogP contribution >= 0.6 is 15.9 Å². The van der Waals surface area contributed by atoms with E-state index in [1.54, 1.807) is 42.5 Å². The molecule has 0 aliphatic heterocycles. The summed E-state index contributed by atoms with van der Waals surface area (Å²) in [4.78, 5) is 12.2. The summed E-state index contributed by atoms with van der Waals surface area (Å²) >= 11 is 3.35. The summed E-state index contributed by atoms with van der Waals surface area (Å²) < 4.78 is 12.3. The quantitative estimate of drug-likeness (QED) is 0.362. The molecule has 0 heterocycles. The lowest BCUT2D eigenvalue weighted by Gasteiger charge is -2.12. The van der Waals surface area contributed by atoms with Crippen LogP contribution in [0.25, 0.3) is 0 Å². The van der Waals surface area contributed by atoms with Gasteiger partial charge in [-0.3, -0.25) is 4.79 Å². The lowest BCUT2D eigenvalue weighted by atomic mass is 10.1. The minimum atomic E-state index is -0.312. The standard InChI is InChI=1S/C24H20BrN3O3/c1-2-30-23-13-18(15-27-28-24(29)20-8-3-4-9-21(20)25)10-11-22(23)31-16-19-7-5-6-17(12-19)14-26/h3-13,15H,2,16H2,1H3,(H,28,29)/b27-15-. The first-order valence-corrected chi connectivity index (χ1v) is 10.4. The molecule has 0 atom stereocenters. The highest BCUT2D eigenvalue weighted by Gasteiger charge is 2.09. The molecule has 1 N–H and O–H groups in total. The molecule has 0 radical (unpaired) electrons. The summed E-state index contributed by atoms with van der Waals surface area (Å²) in [6.45, 7) is 2.67. The van der Waals surface area contributed by atoms with E-state index < -0.39 is 0 Å². The van der Waals surface area contributed by atoms with Crippen molar-refractivity contribution in [2.75, 3.05) is 6.61 Å². The average molecular weight is 478 g/mol. The summed E-state index contributed by atoms with van der Waals surface area (Å²) in [7, 11) is 0. The SMILES string of the molecule is CCOc1cc(/C=N\NC(=O)c2ccccc2Br)ccc1OCc1cccc(C#N)c1. The van der Waals surface area contributed by atoms with Crippen molar-refractivity contribution in [2.45, 2.75) is 13.5 Å². The second-order valence-electron chi connectivity index (χ2n) is 6.42. The maximum atomic E-state index is 12.2. The molecular weight excluding hydrogens is 458 g/mol. The monoisotopic (exact) mass is 477 g/mol. The van der Waals surface area contributed by atoms with Crippen LogP contribution in [0.4, 0.5) is 0 Å². The van der Waals surface area contributed by atoms with Crippen molar-refractivity contribution >= 4 is 28.1 Å². The van der Waals surface area contributed by atoms with E-state index >= 15 is 0 Å². The van der Waals surface area contributed by atoms with E-state index in [1.807, 2.05) is 31.2 Å². The number of benzene rings is 3. The number of hydrogen-bond acceptors (Lipinski definition) is 5. The van der Waals surface area contributed by atoms with Crippen LogP contribution < -0.4 is 14.9 Å². The van der Waals surface area contributed by atoms with Gasteiger partial charge >= 0.3 is 0 Å². The van der Waals surface area contributed by atoms with Crippen molar-refractivity contribution in [1.29, 1.82) is 5.26 Å². The first kappa shape index (κ1) is 22.1. The predicted octanol–water partition coefficient (Wildman–Crippen LogP) is 5.06. The third kappa shape index (κ3) is 6.17. The number of hydrazone groups is 1. The van der Waals surface area contributed by atoms with E-state index in [0.717, 1.165) is 11.1 Å². The number of nitrogens with one attached hydrogen (secondary N) is 1. The number of halogens is 1. The summed E-state index contributed by atoms with van der Waals surface area (Å²) in [5.41, 5.74) is 5.23. The third-order valence-corrected chi connectivity index (χ3v) is 4.91. The van der Waals surface area contributed by atoms with E-state index in [1.165, 1.54) is 6.21 Å². The zero-order chi connectivity index (χ0) is 22.1. The Morgan fingerprint density at radius 2 is 1.94 bits per heavy atom. The molecule has 0 bridgehead atoms. The van der Waals surface area contributed by atoms with E-state index in [4.69, 9.17) is 14.7 Å². The summed E-state index contributed by atoms with van der Waals surface area (Å²) in [6, 6.07) is 21.9. The lowest BCUT2D eigenvalue weighted by molar-refractivity contribution is 0.0954. The molecular formula is C24H20BrN3O3. The Hall–Kier alpha value is -3.63. The van der Waals surface area contributed by atoms with Crippen LogP contribution in [0, 0.1) is 11.3 Å². The topological polar surface area (TPSA) is 83.7 Å². The second-order valence-corrected chi connectivity index (χ2v) is 7.27. The first-order chi connectivity index (χ1) is 15.1. The van der Waals surface area contributed by atoms with Crippen molar-refractivity contribution < 1.29 is 14.3 Å². The van der Waals surface area contributed by atoms with Gasteiger partial charge < -0.3 is 9.47 Å². The molecule has 0 fully saturated rings. The number of nitriles is 1. The van der Waals surface area contributed by atoms with Crippen molar-refractivity contribution in [1.82, 2.24) is 5.43 Å². The largest absolute Gasteiger partial charge is 0.490 e. The van der Waals surface area contributed by atoms with Crippen molar-refractivity contribution in [2.24, 2.45) is 5.10 Å². The van der Waals surface area contributed by atoms with Gasteiger partial charge in [-0.05, 0) is 76.4 Å². The molecule has 31 heavy (non-hydrogen) atoms. The molecule has 156 valence electrons. The summed E-state index contributed by atoms with van der Waals surface area (Å²) in [6.07, 6.45) is 1.54. The molecule has 3 rings (SSSR count). The fraction of sp³-hybridized carbons (Fsp3) is 0.125. The van der Waals surface area contributed by atoms with Gasteiger partial charge in [-0.2, -0.15) is 10.4 Å². The maximum absolute atomic E-state index is 12.2. The Kier molecular flexibility index (Phi) is 7.79. The van der Waals surface area contributed by atoms with Crippen LogP contribution in [-0.4, -0.2) is 18.7 Å². The van der Waals surface area contributed by atoms with Crippen LogP contribution in [0.5, 0.6) is 11.5 Å². The van der Waals surface area contributed by atoms with E-state index in [-0.39, 0.29) is 5.91 Å². The van der Waals surface area contributed by atoms with Crippen molar-refractivity contribution in [3.8, 4) is 17.6 Å². The minimum Gasteiger partial charge on any atom is -0.490 e. The number of carbonyl (C=O) groups excluding carboxylic acids is 1. The van der Waals surface area contributed by atoms with Crippen molar-refractivity contribution in [3.05, 3.63) is 93.5 Å². The van der Waals surface area contributed by atoms with Crippen LogP contribution in [0.3, 0.4) is 0 Å². The Bertz CT molecular complexity index is 1140. The normalized spacial score (nSPS) is 10.5. The number of carbonyl (C=O) groups is 1. The van der Waals surface area contributed by atoms with Crippen molar-refractivity contribution in [3.63, 3.8) is 0 Å². The molecule has 0 saturated heterocycles. The number of amides is 1. The zero-order valence-electron chi connectivity index (χ0n) is 16.8. The Morgan fingerprint density at radius 3 is 2.71 bits per heavy atom. The first-order valence-electron chi connectivity index (χ1n) is 9.57. The van der Waals surface area contributed by atoms with E-state index in [0.29, 0.717) is 40.3 Å². The Morgan fingerprint density at radius 1 is 1.10 bits per heavy atom. The van der Waals surface area contributed by atoms with Gasteiger partial charge in [0.25, 0.3) is 5.91 Å². The molecule has 0 spiro atoms. The summed E-state index contributed by atoms with van der Waals surface area (Å²) in [5, 5.41) is 13.1. The van der Waals surface area contributed by atoms with Gasteiger partial charge in [0, 0.05) is 4.47 Å². The fourth-order valence-corrected chi connectivity index (χ4v) is 3.22. The second kappa shape index (κ2) is 11.0. The lowest BCUT2D eigenvalue weighted by Crippen LogP contribution is -2.18. The highest BCUT2D eigenvalue weighted by molar-refractivity contribution is 9.10. The number of rotatable bonds is 8. The van der Waals surface area contributed by atoms with Gasteiger partial charge in [0.2, 0.25) is 0 Å². The van der Waals surface area contributed by atoms with Crippen LogP contribution in [0.15, 0.2) is 76.3 Å². The predicted molar refractivity (Wildman–Crippen MR) is 122 cm³/mol. The van der Waals surface area contributed by atoms with Crippen LogP contribution in [0.2, 0.25) is 0 Å². The number of hydrogen-bond donors (Lipinski definition) is 1. The van der Waals surface area contributed by atoms with Gasteiger partial charge in [0.05, 0.1) is 30.0 Å². The molecule has 0 aliphatic rings. The average Bonchev–Trinajstić information content (AvgIpc) is 2.79. The van der Waals surface area contributed by atoms with Crippen LogP contribution in [-0.2, 0) is 6.61 Å². The molecule has 7 heteroatoms. The highest BCUT2D eigenvalue weighted by Crippen LogP contribution is 2.29. The van der Waals surface area contributed by atoms with E-state index in [2.05, 4.69) is 32.5 Å².